The second kappa shape index (κ2) is 9.25. The summed E-state index contributed by atoms with van der Waals surface area (Å²) >= 11 is 0. The molecule has 0 aliphatic heterocycles. The quantitative estimate of drug-likeness (QED) is 0.197. The van der Waals surface area contributed by atoms with Crippen molar-refractivity contribution in [3.63, 3.8) is 0 Å². The van der Waals surface area contributed by atoms with Gasteiger partial charge in [0, 0.05) is 16.7 Å². The summed E-state index contributed by atoms with van der Waals surface area (Å²) in [6.07, 6.45) is 6.07. The van der Waals surface area contributed by atoms with Crippen LogP contribution in [0.5, 0.6) is 0 Å². The van der Waals surface area contributed by atoms with E-state index in [1.54, 1.807) is 6.07 Å². The fourth-order valence-electron chi connectivity index (χ4n) is 2.85. The average molecular weight is 394 g/mol. The maximum atomic E-state index is 14.4. The molecule has 0 atom stereocenters. The van der Waals surface area contributed by atoms with Crippen LogP contribution in [-0.2, 0) is 6.42 Å². The number of halogens is 4. The van der Waals surface area contributed by atoms with Crippen molar-refractivity contribution in [1.82, 2.24) is 0 Å². The van der Waals surface area contributed by atoms with Crippen molar-refractivity contribution in [2.24, 2.45) is 0 Å². The monoisotopic (exact) mass is 394 g/mol. The van der Waals surface area contributed by atoms with Crippen molar-refractivity contribution in [2.45, 2.75) is 19.8 Å². The lowest BCUT2D eigenvalue weighted by Crippen LogP contribution is -1.94. The molecule has 0 bridgehead atoms. The molecule has 0 aromatic heterocycles. The highest BCUT2D eigenvalue weighted by atomic mass is 19.2. The third kappa shape index (κ3) is 5.14. The van der Waals surface area contributed by atoms with Crippen molar-refractivity contribution in [2.75, 3.05) is 0 Å². The van der Waals surface area contributed by atoms with Gasteiger partial charge in [-0.1, -0.05) is 42.2 Å². The Morgan fingerprint density at radius 3 is 2.00 bits per heavy atom. The minimum Gasteiger partial charge on any atom is -0.206 e. The molecule has 4 heteroatoms. The molecule has 29 heavy (non-hydrogen) atoms. The molecule has 0 nitrogen and oxygen atoms in total. The van der Waals surface area contributed by atoms with Gasteiger partial charge in [0.05, 0.1) is 0 Å². The third-order valence-electron chi connectivity index (χ3n) is 4.40. The summed E-state index contributed by atoms with van der Waals surface area (Å²) in [4.78, 5) is 0. The summed E-state index contributed by atoms with van der Waals surface area (Å²) in [5, 5.41) is 0. The van der Waals surface area contributed by atoms with Crippen molar-refractivity contribution in [1.29, 1.82) is 0 Å². The van der Waals surface area contributed by atoms with Crippen LogP contribution in [0.25, 0.3) is 11.1 Å². The zero-order valence-electron chi connectivity index (χ0n) is 15.8. The van der Waals surface area contributed by atoms with Gasteiger partial charge < -0.3 is 0 Å². The van der Waals surface area contributed by atoms with Crippen LogP contribution >= 0.6 is 0 Å². The maximum Gasteiger partial charge on any atom is 0.194 e. The molecule has 0 aliphatic rings. The Labute approximate surface area is 167 Å². The Hall–Kier alpha value is -3.32. The highest BCUT2D eigenvalue weighted by molar-refractivity contribution is 5.65. The molecule has 0 saturated carbocycles. The van der Waals surface area contributed by atoms with Gasteiger partial charge in [0.15, 0.2) is 17.5 Å². The van der Waals surface area contributed by atoms with Gasteiger partial charge >= 0.3 is 0 Å². The summed E-state index contributed by atoms with van der Waals surface area (Å²) in [6, 6.07) is 13.5. The molecule has 0 amide bonds. The van der Waals surface area contributed by atoms with Crippen LogP contribution in [0.4, 0.5) is 17.6 Å². The van der Waals surface area contributed by atoms with E-state index in [2.05, 4.69) is 17.9 Å². The summed E-state index contributed by atoms with van der Waals surface area (Å²) in [5.74, 6) is 0.843. The van der Waals surface area contributed by atoms with Crippen LogP contribution < -0.4 is 0 Å². The van der Waals surface area contributed by atoms with E-state index < -0.39 is 23.3 Å². The van der Waals surface area contributed by atoms with Crippen LogP contribution in [-0.4, -0.2) is 0 Å². The van der Waals surface area contributed by atoms with Gasteiger partial charge in [0.1, 0.15) is 5.82 Å². The second-order valence-corrected chi connectivity index (χ2v) is 6.50. The number of hydrogen-bond donors (Lipinski definition) is 0. The van der Waals surface area contributed by atoms with E-state index >= 15 is 0 Å². The van der Waals surface area contributed by atoms with Crippen LogP contribution in [0.2, 0.25) is 0 Å². The predicted octanol–water partition coefficient (Wildman–Crippen LogP) is 6.82. The molecule has 0 fully saturated rings. The first-order chi connectivity index (χ1) is 14.0. The molecule has 0 spiro atoms. The van der Waals surface area contributed by atoms with Crippen LogP contribution in [0, 0.1) is 35.1 Å². The largest absolute Gasteiger partial charge is 0.206 e. The zero-order chi connectivity index (χ0) is 20.8. The molecule has 3 aromatic rings. The molecule has 0 N–H and O–H groups in total. The van der Waals surface area contributed by atoms with Crippen molar-refractivity contribution >= 4 is 0 Å². The number of allylic oxidation sites excluding steroid dienone is 2. The lowest BCUT2D eigenvalue weighted by Gasteiger charge is -2.05. The summed E-state index contributed by atoms with van der Waals surface area (Å²) in [6.45, 7) is 1.99. The van der Waals surface area contributed by atoms with E-state index in [0.717, 1.165) is 30.5 Å². The van der Waals surface area contributed by atoms with Crippen molar-refractivity contribution in [3.05, 3.63) is 107 Å². The minimum absolute atomic E-state index is 0.0289. The Morgan fingerprint density at radius 2 is 1.38 bits per heavy atom. The Balaban J connectivity index is 1.78. The smallest absolute Gasteiger partial charge is 0.194 e. The molecule has 0 aliphatic carbocycles. The van der Waals surface area contributed by atoms with Crippen molar-refractivity contribution in [3.8, 4) is 23.0 Å². The average Bonchev–Trinajstić information content (AvgIpc) is 2.71. The van der Waals surface area contributed by atoms with E-state index in [0.29, 0.717) is 5.56 Å². The van der Waals surface area contributed by atoms with Crippen LogP contribution in [0.1, 0.15) is 30.0 Å². The molecular formula is C25H18F4. The number of benzene rings is 3. The highest BCUT2D eigenvalue weighted by Gasteiger charge is 2.14. The van der Waals surface area contributed by atoms with Crippen LogP contribution in [0.15, 0.2) is 66.7 Å². The fraction of sp³-hybridized carbons (Fsp3) is 0.120. The third-order valence-corrected chi connectivity index (χ3v) is 4.40. The van der Waals surface area contributed by atoms with E-state index in [1.807, 2.05) is 37.3 Å². The molecule has 3 aromatic carbocycles. The lowest BCUT2D eigenvalue weighted by molar-refractivity contribution is 0.447. The first-order valence-corrected chi connectivity index (χ1v) is 9.14. The SMILES string of the molecule is C/C=C/CCc1ccc(C#Cc2ccc(-c3cc(F)c(F)c(F)c3)c(F)c2)cc1. The van der Waals surface area contributed by atoms with E-state index in [4.69, 9.17) is 0 Å². The molecule has 146 valence electrons. The van der Waals surface area contributed by atoms with Gasteiger partial charge in [0.25, 0.3) is 0 Å². The highest BCUT2D eigenvalue weighted by Crippen LogP contribution is 2.26. The predicted molar refractivity (Wildman–Crippen MR) is 107 cm³/mol. The molecule has 0 heterocycles. The van der Waals surface area contributed by atoms with E-state index in [1.165, 1.54) is 17.7 Å². The zero-order valence-corrected chi connectivity index (χ0v) is 15.8. The van der Waals surface area contributed by atoms with E-state index in [-0.39, 0.29) is 11.1 Å². The number of rotatable bonds is 4. The van der Waals surface area contributed by atoms with Gasteiger partial charge in [-0.15, -0.1) is 0 Å². The normalized spacial score (nSPS) is 10.8. The molecule has 3 rings (SSSR count). The van der Waals surface area contributed by atoms with Gasteiger partial charge in [-0.2, -0.15) is 0 Å². The Kier molecular flexibility index (Phi) is 6.51. The Morgan fingerprint density at radius 1 is 0.759 bits per heavy atom. The topological polar surface area (TPSA) is 0 Å². The van der Waals surface area contributed by atoms with Gasteiger partial charge in [-0.3, -0.25) is 0 Å². The first-order valence-electron chi connectivity index (χ1n) is 9.14. The maximum absolute atomic E-state index is 14.4. The van der Waals surface area contributed by atoms with Gasteiger partial charge in [0.2, 0.25) is 0 Å². The summed E-state index contributed by atoms with van der Waals surface area (Å²) < 4.78 is 54.3. The second-order valence-electron chi connectivity index (χ2n) is 6.50. The fourth-order valence-corrected chi connectivity index (χ4v) is 2.85. The summed E-state index contributed by atoms with van der Waals surface area (Å²) in [7, 11) is 0. The number of aryl methyl sites for hydroxylation is 1. The number of hydrogen-bond acceptors (Lipinski definition) is 0. The van der Waals surface area contributed by atoms with E-state index in [9.17, 15) is 17.6 Å². The van der Waals surface area contributed by atoms with Gasteiger partial charge in [-0.05, 0) is 67.3 Å². The van der Waals surface area contributed by atoms with Crippen LogP contribution in [0.3, 0.4) is 0 Å². The summed E-state index contributed by atoms with van der Waals surface area (Å²) in [5.41, 5.74) is 2.33. The lowest BCUT2D eigenvalue weighted by atomic mass is 10.0. The van der Waals surface area contributed by atoms with Gasteiger partial charge in [-0.25, -0.2) is 17.6 Å². The molecule has 0 saturated heterocycles. The molecular weight excluding hydrogens is 376 g/mol. The minimum atomic E-state index is -1.58. The van der Waals surface area contributed by atoms with Crippen molar-refractivity contribution < 1.29 is 17.6 Å². The molecule has 0 radical (unpaired) electrons. The standard InChI is InChI=1S/C25H18F4/c1-2-3-4-5-17-6-8-18(9-7-17)10-11-19-12-13-21(22(26)14-19)20-15-23(27)25(29)24(28)16-20/h2-3,6-9,12-16H,4-5H2,1H3/b3-2+. The first kappa shape index (κ1) is 20.4. The molecule has 0 unspecified atom stereocenters. The Bertz CT molecular complexity index is 1080.